The summed E-state index contributed by atoms with van der Waals surface area (Å²) in [7, 11) is 0. The zero-order valence-electron chi connectivity index (χ0n) is 12.7. The van der Waals surface area contributed by atoms with Gasteiger partial charge >= 0.3 is 0 Å². The van der Waals surface area contributed by atoms with Crippen LogP contribution in [-0.2, 0) is 4.79 Å². The van der Waals surface area contributed by atoms with Crippen molar-refractivity contribution in [2.75, 3.05) is 4.90 Å². The van der Waals surface area contributed by atoms with Gasteiger partial charge in [-0.2, -0.15) is 0 Å². The number of benzene rings is 2. The zero-order valence-corrected chi connectivity index (χ0v) is 12.7. The average molecular weight is 290 g/mol. The largest absolute Gasteiger partial charge is 0.361 e. The first kappa shape index (κ1) is 13.1. The number of aromatic nitrogens is 1. The van der Waals surface area contributed by atoms with E-state index in [4.69, 9.17) is 0 Å². The molecule has 0 aliphatic carbocycles. The van der Waals surface area contributed by atoms with Crippen LogP contribution in [0.15, 0.2) is 54.7 Å². The first-order valence-electron chi connectivity index (χ1n) is 7.66. The van der Waals surface area contributed by atoms with Gasteiger partial charge in [0.2, 0.25) is 5.91 Å². The molecule has 0 spiro atoms. The molecule has 1 saturated heterocycles. The van der Waals surface area contributed by atoms with E-state index in [2.05, 4.69) is 48.3 Å². The summed E-state index contributed by atoms with van der Waals surface area (Å²) in [5, 5.41) is 1.22. The summed E-state index contributed by atoms with van der Waals surface area (Å²) in [6.45, 7) is 4.09. The predicted molar refractivity (Wildman–Crippen MR) is 89.8 cm³/mol. The van der Waals surface area contributed by atoms with E-state index in [1.165, 1.54) is 16.5 Å². The summed E-state index contributed by atoms with van der Waals surface area (Å²) in [5.41, 5.74) is 4.51. The van der Waals surface area contributed by atoms with Crippen LogP contribution in [0.2, 0.25) is 0 Å². The Hall–Kier alpha value is -2.55. The van der Waals surface area contributed by atoms with Crippen molar-refractivity contribution < 1.29 is 4.79 Å². The van der Waals surface area contributed by atoms with Crippen LogP contribution in [0.4, 0.5) is 5.69 Å². The van der Waals surface area contributed by atoms with Gasteiger partial charge in [-0.3, -0.25) is 4.79 Å². The van der Waals surface area contributed by atoms with Crippen molar-refractivity contribution in [2.24, 2.45) is 5.92 Å². The van der Waals surface area contributed by atoms with E-state index < -0.39 is 0 Å². The number of anilines is 1. The molecule has 0 bridgehead atoms. The molecule has 0 unspecified atom stereocenters. The van der Waals surface area contributed by atoms with Gasteiger partial charge in [0.15, 0.2) is 0 Å². The summed E-state index contributed by atoms with van der Waals surface area (Å²) in [4.78, 5) is 17.1. The topological polar surface area (TPSA) is 36.1 Å². The Balaban J connectivity index is 1.71. The van der Waals surface area contributed by atoms with Crippen molar-refractivity contribution in [3.8, 4) is 11.1 Å². The molecule has 1 amide bonds. The van der Waals surface area contributed by atoms with Crippen molar-refractivity contribution >= 4 is 22.5 Å². The Labute approximate surface area is 129 Å². The van der Waals surface area contributed by atoms with Gasteiger partial charge < -0.3 is 9.88 Å². The third-order valence-corrected chi connectivity index (χ3v) is 4.81. The molecule has 1 aliphatic rings. The van der Waals surface area contributed by atoms with Crippen molar-refractivity contribution in [1.82, 2.24) is 4.98 Å². The molecule has 3 aromatic rings. The molecule has 2 heterocycles. The average Bonchev–Trinajstić information content (AvgIpc) is 3.04. The maximum atomic E-state index is 12.0. The second kappa shape index (κ2) is 4.73. The molecule has 3 nitrogen and oxygen atoms in total. The molecule has 110 valence electrons. The maximum absolute atomic E-state index is 12.0. The normalized spacial score (nSPS) is 21.2. The number of fused-ring (bicyclic) bond motifs is 1. The van der Waals surface area contributed by atoms with E-state index in [0.717, 1.165) is 11.2 Å². The van der Waals surface area contributed by atoms with Crippen LogP contribution in [0.3, 0.4) is 0 Å². The molecule has 2 atom stereocenters. The number of carbonyl (C=O) groups excluding carboxylic acids is 1. The van der Waals surface area contributed by atoms with Crippen molar-refractivity contribution in [1.29, 1.82) is 0 Å². The fourth-order valence-electron chi connectivity index (χ4n) is 3.27. The molecule has 1 aliphatic heterocycles. The van der Waals surface area contributed by atoms with E-state index in [1.54, 1.807) is 0 Å². The third-order valence-electron chi connectivity index (χ3n) is 4.81. The van der Waals surface area contributed by atoms with E-state index in [0.29, 0.717) is 0 Å². The lowest BCUT2D eigenvalue weighted by Crippen LogP contribution is -2.58. The van der Waals surface area contributed by atoms with E-state index in [-0.39, 0.29) is 17.9 Å². The lowest BCUT2D eigenvalue weighted by molar-refractivity contribution is -0.128. The Morgan fingerprint density at radius 3 is 2.50 bits per heavy atom. The minimum atomic E-state index is 0.133. The van der Waals surface area contributed by atoms with Crippen LogP contribution in [0.1, 0.15) is 13.8 Å². The SMILES string of the molecule is C[C@@H]1[C@@H](C)C(=O)N1c1ccc(-c2cccc3[nH]ccc23)cc1. The van der Waals surface area contributed by atoms with Gasteiger partial charge in [0.1, 0.15) is 0 Å². The highest BCUT2D eigenvalue weighted by Gasteiger charge is 2.41. The fraction of sp³-hybridized carbons (Fsp3) is 0.211. The lowest BCUT2D eigenvalue weighted by atomic mass is 9.89. The van der Waals surface area contributed by atoms with Crippen LogP contribution in [0.5, 0.6) is 0 Å². The number of hydrogen-bond donors (Lipinski definition) is 1. The Kier molecular flexibility index (Phi) is 2.83. The zero-order chi connectivity index (χ0) is 15.3. The molecule has 4 rings (SSSR count). The molecular formula is C19H18N2O. The number of aromatic amines is 1. The van der Waals surface area contributed by atoms with Crippen molar-refractivity contribution in [3.63, 3.8) is 0 Å². The monoisotopic (exact) mass is 290 g/mol. The summed E-state index contributed by atoms with van der Waals surface area (Å²) < 4.78 is 0. The summed E-state index contributed by atoms with van der Waals surface area (Å²) in [6.07, 6.45) is 1.96. The fourth-order valence-corrected chi connectivity index (χ4v) is 3.27. The van der Waals surface area contributed by atoms with E-state index >= 15 is 0 Å². The van der Waals surface area contributed by atoms with Gasteiger partial charge in [0.05, 0.1) is 5.92 Å². The molecular weight excluding hydrogens is 272 g/mol. The van der Waals surface area contributed by atoms with Gasteiger partial charge in [-0.15, -0.1) is 0 Å². The van der Waals surface area contributed by atoms with Gasteiger partial charge in [0.25, 0.3) is 0 Å². The number of carbonyl (C=O) groups is 1. The number of nitrogens with one attached hydrogen (secondary N) is 1. The molecule has 1 fully saturated rings. The Morgan fingerprint density at radius 1 is 1.00 bits per heavy atom. The highest BCUT2D eigenvalue weighted by molar-refractivity contribution is 6.03. The molecule has 3 heteroatoms. The Morgan fingerprint density at radius 2 is 1.77 bits per heavy atom. The molecule has 1 N–H and O–H groups in total. The minimum absolute atomic E-state index is 0.133. The van der Waals surface area contributed by atoms with Gasteiger partial charge in [-0.1, -0.05) is 31.2 Å². The predicted octanol–water partition coefficient (Wildman–Crippen LogP) is 4.21. The maximum Gasteiger partial charge on any atom is 0.232 e. The first-order valence-corrected chi connectivity index (χ1v) is 7.66. The third kappa shape index (κ3) is 1.78. The van der Waals surface area contributed by atoms with Crippen molar-refractivity contribution in [2.45, 2.75) is 19.9 Å². The quantitative estimate of drug-likeness (QED) is 0.705. The molecule has 2 aromatic carbocycles. The van der Waals surface area contributed by atoms with Crippen LogP contribution in [0.25, 0.3) is 22.0 Å². The highest BCUT2D eigenvalue weighted by atomic mass is 16.2. The molecule has 22 heavy (non-hydrogen) atoms. The van der Waals surface area contributed by atoms with E-state index in [1.807, 2.05) is 30.2 Å². The molecule has 0 radical (unpaired) electrons. The number of β-lactam (4-membered cyclic amide) rings is 1. The van der Waals surface area contributed by atoms with Gasteiger partial charge in [0, 0.05) is 28.8 Å². The standard InChI is InChI=1S/C19H18N2O/c1-12-13(2)21(19(12)22)15-8-6-14(7-9-15)16-4-3-5-18-17(16)10-11-20-18/h3-13,20H,1-2H3/t12-,13-/m1/s1. The number of rotatable bonds is 2. The second-order valence-corrected chi connectivity index (χ2v) is 6.03. The van der Waals surface area contributed by atoms with Crippen LogP contribution in [0, 0.1) is 5.92 Å². The van der Waals surface area contributed by atoms with E-state index in [9.17, 15) is 4.79 Å². The summed E-state index contributed by atoms with van der Waals surface area (Å²) >= 11 is 0. The Bertz CT molecular complexity index is 847. The van der Waals surface area contributed by atoms with Crippen LogP contribution >= 0.6 is 0 Å². The molecule has 1 aromatic heterocycles. The molecule has 0 saturated carbocycles. The summed E-state index contributed by atoms with van der Waals surface area (Å²) in [5.74, 6) is 0.348. The lowest BCUT2D eigenvalue weighted by Gasteiger charge is -2.43. The van der Waals surface area contributed by atoms with Crippen LogP contribution in [-0.4, -0.2) is 16.9 Å². The number of H-pyrrole nitrogens is 1. The van der Waals surface area contributed by atoms with Crippen LogP contribution < -0.4 is 4.90 Å². The number of hydrogen-bond acceptors (Lipinski definition) is 1. The minimum Gasteiger partial charge on any atom is -0.361 e. The first-order chi connectivity index (χ1) is 10.7. The van der Waals surface area contributed by atoms with Gasteiger partial charge in [-0.25, -0.2) is 0 Å². The van der Waals surface area contributed by atoms with Crippen molar-refractivity contribution in [3.05, 3.63) is 54.7 Å². The van der Waals surface area contributed by atoms with Gasteiger partial charge in [-0.05, 0) is 42.3 Å². The highest BCUT2D eigenvalue weighted by Crippen LogP contribution is 2.34. The summed E-state index contributed by atoms with van der Waals surface area (Å²) in [6, 6.07) is 16.9. The number of nitrogens with zero attached hydrogens (tertiary/aromatic N) is 1. The number of amides is 1. The smallest absolute Gasteiger partial charge is 0.232 e. The second-order valence-electron chi connectivity index (χ2n) is 6.03.